The van der Waals surface area contributed by atoms with Crippen LogP contribution in [-0.2, 0) is 0 Å². The first kappa shape index (κ1) is 15.2. The summed E-state index contributed by atoms with van der Waals surface area (Å²) in [5.41, 5.74) is -0.0800. The molecule has 0 aliphatic carbocycles. The zero-order chi connectivity index (χ0) is 15.2. The minimum Gasteiger partial charge on any atom is -0.354 e. The number of benzene rings is 1. The standard InChI is InChI=1S/C13H13FN4O2S/c1-2-7-15-13-16-8-9(14)12(17-13)21-11-6-4-3-5-10(11)18(19)20/h3-6,8H,2,7H2,1H3,(H,15,16,17). The van der Waals surface area contributed by atoms with E-state index in [1.54, 1.807) is 18.2 Å². The highest BCUT2D eigenvalue weighted by atomic mass is 32.2. The highest BCUT2D eigenvalue weighted by Gasteiger charge is 2.17. The zero-order valence-corrected chi connectivity index (χ0v) is 12.1. The van der Waals surface area contributed by atoms with Gasteiger partial charge in [0.2, 0.25) is 5.95 Å². The maximum atomic E-state index is 13.8. The molecular weight excluding hydrogens is 295 g/mol. The first-order chi connectivity index (χ1) is 10.1. The second-order valence-corrected chi connectivity index (χ2v) is 5.13. The summed E-state index contributed by atoms with van der Waals surface area (Å²) in [4.78, 5) is 18.7. The van der Waals surface area contributed by atoms with Gasteiger partial charge >= 0.3 is 0 Å². The maximum Gasteiger partial charge on any atom is 0.283 e. The zero-order valence-electron chi connectivity index (χ0n) is 11.2. The first-order valence-electron chi connectivity index (χ1n) is 6.29. The molecule has 21 heavy (non-hydrogen) atoms. The summed E-state index contributed by atoms with van der Waals surface area (Å²) in [6.45, 7) is 2.65. The number of hydrogen-bond donors (Lipinski definition) is 1. The molecule has 0 atom stereocenters. The molecule has 110 valence electrons. The molecule has 0 aliphatic heterocycles. The summed E-state index contributed by atoms with van der Waals surface area (Å²) in [6.07, 6.45) is 1.94. The van der Waals surface area contributed by atoms with Crippen molar-refractivity contribution < 1.29 is 9.31 Å². The van der Waals surface area contributed by atoms with Crippen LogP contribution < -0.4 is 5.32 Å². The molecule has 0 saturated carbocycles. The van der Waals surface area contributed by atoms with E-state index in [-0.39, 0.29) is 10.7 Å². The summed E-state index contributed by atoms with van der Waals surface area (Å²) in [7, 11) is 0. The summed E-state index contributed by atoms with van der Waals surface area (Å²) in [6, 6.07) is 6.15. The molecular formula is C13H13FN4O2S. The van der Waals surface area contributed by atoms with Crippen molar-refractivity contribution in [3.8, 4) is 0 Å². The largest absolute Gasteiger partial charge is 0.354 e. The van der Waals surface area contributed by atoms with Crippen LogP contribution in [-0.4, -0.2) is 21.4 Å². The number of anilines is 1. The number of halogens is 1. The Morgan fingerprint density at radius 2 is 2.19 bits per heavy atom. The van der Waals surface area contributed by atoms with Crippen molar-refractivity contribution in [3.05, 3.63) is 46.4 Å². The summed E-state index contributed by atoms with van der Waals surface area (Å²) < 4.78 is 13.8. The Hall–Kier alpha value is -2.22. The third kappa shape index (κ3) is 3.88. The van der Waals surface area contributed by atoms with Gasteiger partial charge in [0.1, 0.15) is 5.03 Å². The highest BCUT2D eigenvalue weighted by molar-refractivity contribution is 7.99. The molecule has 0 spiro atoms. The van der Waals surface area contributed by atoms with Crippen LogP contribution in [0.25, 0.3) is 0 Å². The lowest BCUT2D eigenvalue weighted by molar-refractivity contribution is -0.387. The molecule has 6 nitrogen and oxygen atoms in total. The third-order valence-electron chi connectivity index (χ3n) is 2.51. The van der Waals surface area contributed by atoms with Gasteiger partial charge in [0, 0.05) is 12.6 Å². The average Bonchev–Trinajstić information content (AvgIpc) is 2.48. The van der Waals surface area contributed by atoms with Gasteiger partial charge in [-0.3, -0.25) is 10.1 Å². The molecule has 1 heterocycles. The van der Waals surface area contributed by atoms with Crippen molar-refractivity contribution in [2.75, 3.05) is 11.9 Å². The van der Waals surface area contributed by atoms with Crippen LogP contribution in [0.1, 0.15) is 13.3 Å². The SMILES string of the molecule is CCCNc1ncc(F)c(Sc2ccccc2[N+](=O)[O-])n1. The van der Waals surface area contributed by atoms with Gasteiger partial charge in [0.05, 0.1) is 16.0 Å². The van der Waals surface area contributed by atoms with Crippen LogP contribution in [0.3, 0.4) is 0 Å². The van der Waals surface area contributed by atoms with Gasteiger partial charge in [-0.25, -0.2) is 14.4 Å². The normalized spacial score (nSPS) is 10.4. The molecule has 0 saturated heterocycles. The Bertz CT molecular complexity index is 654. The maximum absolute atomic E-state index is 13.8. The van der Waals surface area contributed by atoms with Crippen LogP contribution in [0.4, 0.5) is 16.0 Å². The fourth-order valence-electron chi connectivity index (χ4n) is 1.54. The van der Waals surface area contributed by atoms with E-state index in [1.807, 2.05) is 6.92 Å². The number of nitrogens with zero attached hydrogens (tertiary/aromatic N) is 3. The molecule has 0 amide bonds. The Morgan fingerprint density at radius 1 is 1.43 bits per heavy atom. The van der Waals surface area contributed by atoms with Gasteiger partial charge in [0.15, 0.2) is 5.82 Å². The van der Waals surface area contributed by atoms with Crippen LogP contribution in [0.2, 0.25) is 0 Å². The van der Waals surface area contributed by atoms with Crippen molar-refractivity contribution in [3.63, 3.8) is 0 Å². The first-order valence-corrected chi connectivity index (χ1v) is 7.11. The van der Waals surface area contributed by atoms with E-state index < -0.39 is 10.7 Å². The van der Waals surface area contributed by atoms with E-state index in [0.717, 1.165) is 24.4 Å². The molecule has 0 unspecified atom stereocenters. The van der Waals surface area contributed by atoms with Gasteiger partial charge in [-0.05, 0) is 12.5 Å². The number of hydrogen-bond acceptors (Lipinski definition) is 6. The number of nitro groups is 1. The van der Waals surface area contributed by atoms with Crippen molar-refractivity contribution in [2.45, 2.75) is 23.3 Å². The van der Waals surface area contributed by atoms with Crippen LogP contribution in [0, 0.1) is 15.9 Å². The molecule has 1 aromatic carbocycles. The lowest BCUT2D eigenvalue weighted by atomic mass is 10.3. The fourth-order valence-corrected chi connectivity index (χ4v) is 2.43. The second kappa shape index (κ2) is 6.98. The Morgan fingerprint density at radius 3 is 2.90 bits per heavy atom. The number of rotatable bonds is 6. The van der Waals surface area contributed by atoms with E-state index in [1.165, 1.54) is 6.07 Å². The molecule has 0 aliphatic rings. The van der Waals surface area contributed by atoms with Crippen LogP contribution >= 0.6 is 11.8 Å². The minimum atomic E-state index is -0.611. The molecule has 0 bridgehead atoms. The van der Waals surface area contributed by atoms with E-state index in [4.69, 9.17) is 0 Å². The number of aromatic nitrogens is 2. The predicted molar refractivity (Wildman–Crippen MR) is 78.0 cm³/mol. The lowest BCUT2D eigenvalue weighted by Crippen LogP contribution is -2.05. The number of para-hydroxylation sites is 1. The Labute approximate surface area is 125 Å². The molecule has 0 radical (unpaired) electrons. The topological polar surface area (TPSA) is 81.0 Å². The van der Waals surface area contributed by atoms with Gasteiger partial charge in [-0.1, -0.05) is 30.8 Å². The van der Waals surface area contributed by atoms with Crippen molar-refractivity contribution in [2.24, 2.45) is 0 Å². The average molecular weight is 308 g/mol. The van der Waals surface area contributed by atoms with Crippen molar-refractivity contribution in [1.82, 2.24) is 9.97 Å². The van der Waals surface area contributed by atoms with Crippen molar-refractivity contribution >= 4 is 23.4 Å². The fraction of sp³-hybridized carbons (Fsp3) is 0.231. The van der Waals surface area contributed by atoms with Crippen LogP contribution in [0.5, 0.6) is 0 Å². The number of nitro benzene ring substituents is 1. The molecule has 1 N–H and O–H groups in total. The Kier molecular flexibility index (Phi) is 5.04. The molecule has 1 aromatic heterocycles. The van der Waals surface area contributed by atoms with E-state index >= 15 is 0 Å². The number of nitrogens with one attached hydrogen (secondary N) is 1. The molecule has 8 heteroatoms. The van der Waals surface area contributed by atoms with Crippen molar-refractivity contribution in [1.29, 1.82) is 0 Å². The van der Waals surface area contributed by atoms with Gasteiger partial charge in [-0.15, -0.1) is 0 Å². The summed E-state index contributed by atoms with van der Waals surface area (Å²) in [5.74, 6) is -0.306. The molecule has 2 aromatic rings. The van der Waals surface area contributed by atoms with E-state index in [2.05, 4.69) is 15.3 Å². The predicted octanol–water partition coefficient (Wildman–Crippen LogP) is 3.50. The van der Waals surface area contributed by atoms with Gasteiger partial charge in [0.25, 0.3) is 5.69 Å². The van der Waals surface area contributed by atoms with E-state index in [9.17, 15) is 14.5 Å². The van der Waals surface area contributed by atoms with Gasteiger partial charge < -0.3 is 5.32 Å². The highest BCUT2D eigenvalue weighted by Crippen LogP contribution is 2.34. The minimum absolute atomic E-state index is 0.0536. The summed E-state index contributed by atoms with van der Waals surface area (Å²) >= 11 is 0.909. The smallest absolute Gasteiger partial charge is 0.283 e. The summed E-state index contributed by atoms with van der Waals surface area (Å²) in [5, 5.41) is 14.0. The van der Waals surface area contributed by atoms with Gasteiger partial charge in [-0.2, -0.15) is 0 Å². The second-order valence-electron chi connectivity index (χ2n) is 4.10. The third-order valence-corrected chi connectivity index (χ3v) is 3.56. The Balaban J connectivity index is 2.29. The molecule has 2 rings (SSSR count). The van der Waals surface area contributed by atoms with E-state index in [0.29, 0.717) is 17.4 Å². The monoisotopic (exact) mass is 308 g/mol. The van der Waals surface area contributed by atoms with Crippen LogP contribution in [0.15, 0.2) is 40.4 Å². The lowest BCUT2D eigenvalue weighted by Gasteiger charge is -2.06. The molecule has 0 fully saturated rings. The quantitative estimate of drug-likeness (QED) is 0.500.